The number of nitrogens with one attached hydrogen (secondary N) is 1. The van der Waals surface area contributed by atoms with Gasteiger partial charge in [-0.1, -0.05) is 67.0 Å². The van der Waals surface area contributed by atoms with Crippen LogP contribution in [-0.4, -0.2) is 86.8 Å². The molecule has 3 aromatic heterocycles. The van der Waals surface area contributed by atoms with Crippen molar-refractivity contribution in [2.45, 2.75) is 53.1 Å². The van der Waals surface area contributed by atoms with Crippen molar-refractivity contribution in [3.63, 3.8) is 0 Å². The number of aromatic amines is 1. The minimum atomic E-state index is -0.604. The van der Waals surface area contributed by atoms with Crippen LogP contribution in [0.2, 0.25) is 0 Å². The Hall–Kier alpha value is -3.61. The smallest absolute Gasteiger partial charge is 0.439 e. The molecule has 6 rings (SSSR count). The van der Waals surface area contributed by atoms with E-state index in [0.29, 0.717) is 41.5 Å². The zero-order valence-corrected chi connectivity index (χ0v) is 28.6. The van der Waals surface area contributed by atoms with Gasteiger partial charge in [0, 0.05) is 68.9 Å². The molecule has 0 saturated heterocycles. The molecule has 0 atom stereocenters. The van der Waals surface area contributed by atoms with E-state index in [1.165, 1.54) is 0 Å². The van der Waals surface area contributed by atoms with Crippen molar-refractivity contribution >= 4 is 57.2 Å². The van der Waals surface area contributed by atoms with Gasteiger partial charge in [0.15, 0.2) is 5.82 Å². The number of benzene rings is 3. The number of ether oxygens (including phenoxy) is 1. The summed E-state index contributed by atoms with van der Waals surface area (Å²) in [7, 11) is 0. The number of H-pyrrole nitrogens is 1. The number of nitrogens with zero attached hydrogens (tertiary/aromatic N) is 5. The standard InChI is InChI=1S/C33H32N6O4.K/c1-5-8-29-28(19-22-11-13-23(14-12-22)26-9-6-7-10-27(26)30-35-33(41)43-37-30)31(40)38(32-34-21(4)36-39(29)32)24-15-17-25(18-16-24)42-20(2)3;/h6-7,9-18,20H,5,8,19H2,1-4H3,(H,35,37,41);. The van der Waals surface area contributed by atoms with Crippen LogP contribution < -0.4 is 16.1 Å². The largest absolute Gasteiger partial charge is 0.491 e. The molecule has 219 valence electrons. The fraction of sp³-hybridized carbons (Fsp3) is 0.242. The summed E-state index contributed by atoms with van der Waals surface area (Å²) >= 11 is 0. The molecule has 0 saturated carbocycles. The van der Waals surface area contributed by atoms with E-state index in [9.17, 15) is 9.59 Å². The van der Waals surface area contributed by atoms with Crippen LogP contribution in [0.4, 0.5) is 0 Å². The third-order valence-electron chi connectivity index (χ3n) is 7.18. The average Bonchev–Trinajstić information content (AvgIpc) is 3.61. The monoisotopic (exact) mass is 615 g/mol. The third-order valence-corrected chi connectivity index (χ3v) is 7.18. The number of aryl methyl sites for hydroxylation is 2. The summed E-state index contributed by atoms with van der Waals surface area (Å²) in [6, 6.07) is 23.2. The van der Waals surface area contributed by atoms with Gasteiger partial charge in [0.05, 0.1) is 17.5 Å². The van der Waals surface area contributed by atoms with Crippen LogP contribution in [0.1, 0.15) is 49.8 Å². The molecule has 3 heterocycles. The zero-order valence-electron chi connectivity index (χ0n) is 25.5. The Morgan fingerprint density at radius 1 is 0.955 bits per heavy atom. The second-order valence-corrected chi connectivity index (χ2v) is 10.7. The normalized spacial score (nSPS) is 11.2. The number of rotatable bonds is 9. The SMILES string of the molecule is CCCc1c(Cc2ccc(-c3ccccc3-c3noc(=O)[nH]3)cc2)c(=O)n(-c2ccc(OC(C)C)cc2)c2nc(C)nn12.[K]. The fourth-order valence-electron chi connectivity index (χ4n) is 5.35. The van der Waals surface area contributed by atoms with E-state index in [-0.39, 0.29) is 63.0 Å². The van der Waals surface area contributed by atoms with E-state index >= 15 is 0 Å². The van der Waals surface area contributed by atoms with E-state index in [1.54, 1.807) is 4.57 Å². The summed E-state index contributed by atoms with van der Waals surface area (Å²) in [5.41, 5.74) is 5.70. The molecule has 3 aromatic carbocycles. The molecule has 0 fully saturated rings. The fourth-order valence-corrected chi connectivity index (χ4v) is 5.35. The molecule has 0 bridgehead atoms. The molecule has 10 nitrogen and oxygen atoms in total. The first kappa shape index (κ1) is 31.8. The molecule has 0 aliphatic rings. The van der Waals surface area contributed by atoms with E-state index < -0.39 is 5.76 Å². The maximum absolute atomic E-state index is 14.3. The van der Waals surface area contributed by atoms with Gasteiger partial charge in [-0.05, 0) is 68.1 Å². The Labute approximate surface area is 296 Å². The van der Waals surface area contributed by atoms with Crippen LogP contribution in [0.15, 0.2) is 86.9 Å². The predicted octanol–water partition coefficient (Wildman–Crippen LogP) is 5.15. The van der Waals surface area contributed by atoms with Crippen LogP contribution in [0, 0.1) is 6.92 Å². The van der Waals surface area contributed by atoms with Crippen molar-refractivity contribution < 1.29 is 9.26 Å². The minimum Gasteiger partial charge on any atom is -0.491 e. The molecule has 0 spiro atoms. The second-order valence-electron chi connectivity index (χ2n) is 10.7. The van der Waals surface area contributed by atoms with Crippen molar-refractivity contribution in [2.75, 3.05) is 0 Å². The van der Waals surface area contributed by atoms with Crippen LogP contribution in [0.25, 0.3) is 34.0 Å². The second kappa shape index (κ2) is 13.6. The van der Waals surface area contributed by atoms with Crippen molar-refractivity contribution in [3.05, 3.63) is 116 Å². The summed E-state index contributed by atoms with van der Waals surface area (Å²) in [5, 5.41) is 8.55. The van der Waals surface area contributed by atoms with Crippen molar-refractivity contribution in [1.29, 1.82) is 0 Å². The van der Waals surface area contributed by atoms with Gasteiger partial charge in [0.1, 0.15) is 11.6 Å². The predicted molar refractivity (Wildman–Crippen MR) is 170 cm³/mol. The topological polar surface area (TPSA) is 120 Å². The molecule has 11 heteroatoms. The summed E-state index contributed by atoms with van der Waals surface area (Å²) in [6.45, 7) is 7.88. The molecule has 6 aromatic rings. The number of hydrogen-bond acceptors (Lipinski definition) is 7. The molecule has 44 heavy (non-hydrogen) atoms. The third kappa shape index (κ3) is 6.42. The van der Waals surface area contributed by atoms with Gasteiger partial charge >= 0.3 is 5.76 Å². The first-order valence-corrected chi connectivity index (χ1v) is 14.3. The molecule has 0 amide bonds. The summed E-state index contributed by atoms with van der Waals surface area (Å²) < 4.78 is 14.0. The number of aromatic nitrogens is 6. The molecule has 1 N–H and O–H groups in total. The molecule has 0 aliphatic carbocycles. The summed E-state index contributed by atoms with van der Waals surface area (Å²) in [6.07, 6.45) is 2.01. The molecular weight excluding hydrogens is 583 g/mol. The Balaban J connectivity index is 0.00000384. The molecule has 0 aliphatic heterocycles. The molecular formula is C33H32KN6O4. The van der Waals surface area contributed by atoms with Gasteiger partial charge in [0.2, 0.25) is 5.78 Å². The first-order valence-electron chi connectivity index (χ1n) is 14.3. The Morgan fingerprint density at radius 2 is 1.66 bits per heavy atom. The number of hydrogen-bond donors (Lipinski definition) is 1. The van der Waals surface area contributed by atoms with E-state index in [0.717, 1.165) is 40.1 Å². The zero-order chi connectivity index (χ0) is 30.1. The van der Waals surface area contributed by atoms with Crippen molar-refractivity contribution in [2.24, 2.45) is 0 Å². The van der Waals surface area contributed by atoms with Gasteiger partial charge in [-0.15, -0.1) is 0 Å². The maximum Gasteiger partial charge on any atom is 0.439 e. The van der Waals surface area contributed by atoms with Crippen LogP contribution in [0.5, 0.6) is 5.75 Å². The van der Waals surface area contributed by atoms with Crippen molar-refractivity contribution in [1.82, 2.24) is 29.3 Å². The molecule has 1 radical (unpaired) electrons. The van der Waals surface area contributed by atoms with E-state index in [4.69, 9.17) is 14.4 Å². The number of fused-ring (bicyclic) bond motifs is 1. The Morgan fingerprint density at radius 3 is 2.30 bits per heavy atom. The van der Waals surface area contributed by atoms with Gasteiger partial charge in [-0.25, -0.2) is 13.9 Å². The van der Waals surface area contributed by atoms with Crippen molar-refractivity contribution in [3.8, 4) is 34.0 Å². The first-order chi connectivity index (χ1) is 20.8. The van der Waals surface area contributed by atoms with Crippen LogP contribution in [0.3, 0.4) is 0 Å². The Kier molecular flexibility index (Phi) is 9.81. The van der Waals surface area contributed by atoms with E-state index in [1.807, 2.05) is 98.1 Å². The Bertz CT molecular complexity index is 2020. The van der Waals surface area contributed by atoms with Gasteiger partial charge in [-0.2, -0.15) is 10.1 Å². The van der Waals surface area contributed by atoms with Crippen LogP contribution >= 0.6 is 0 Å². The van der Waals surface area contributed by atoms with E-state index in [2.05, 4.69) is 22.0 Å². The summed E-state index contributed by atoms with van der Waals surface area (Å²) in [4.78, 5) is 33.1. The quantitative estimate of drug-likeness (QED) is 0.224. The maximum atomic E-state index is 14.3. The minimum absolute atomic E-state index is 0. The van der Waals surface area contributed by atoms with Crippen LogP contribution in [-0.2, 0) is 12.8 Å². The average molecular weight is 616 g/mol. The summed E-state index contributed by atoms with van der Waals surface area (Å²) in [5.74, 6) is 1.59. The van der Waals surface area contributed by atoms with Gasteiger partial charge in [0.25, 0.3) is 5.56 Å². The molecule has 0 unspecified atom stereocenters. The van der Waals surface area contributed by atoms with Gasteiger partial charge in [-0.3, -0.25) is 14.3 Å². The van der Waals surface area contributed by atoms with Gasteiger partial charge < -0.3 is 4.74 Å².